The maximum atomic E-state index is 14.7. The summed E-state index contributed by atoms with van der Waals surface area (Å²) >= 11 is 0. The van der Waals surface area contributed by atoms with Crippen LogP contribution in [0.4, 0.5) is 27.8 Å². The van der Waals surface area contributed by atoms with E-state index in [0.717, 1.165) is 12.5 Å². The number of rotatable bonds is 7. The summed E-state index contributed by atoms with van der Waals surface area (Å²) in [4.78, 5) is 8.74. The smallest absolute Gasteiger partial charge is 0.419 e. The molecule has 0 amide bonds. The van der Waals surface area contributed by atoms with E-state index in [9.17, 15) is 22.0 Å². The molecule has 1 aliphatic heterocycles. The quantitative estimate of drug-likeness (QED) is 0.415. The van der Waals surface area contributed by atoms with Crippen LogP contribution in [0.25, 0.3) is 10.9 Å². The van der Waals surface area contributed by atoms with Crippen LogP contribution in [0.15, 0.2) is 24.3 Å². The van der Waals surface area contributed by atoms with Crippen LogP contribution in [-0.2, 0) is 10.9 Å². The molecular weight excluding hydrogens is 473 g/mol. The predicted octanol–water partition coefficient (Wildman–Crippen LogP) is 5.83. The summed E-state index contributed by atoms with van der Waals surface area (Å²) in [5, 5.41) is 3.39. The lowest BCUT2D eigenvalue weighted by atomic mass is 10.0. The first-order valence-electron chi connectivity index (χ1n) is 11.0. The molecule has 0 aliphatic carbocycles. The number of fused-ring (bicyclic) bond motifs is 1. The second-order valence-corrected chi connectivity index (χ2v) is 8.40. The first-order valence-corrected chi connectivity index (χ1v) is 11.0. The van der Waals surface area contributed by atoms with Crippen LogP contribution in [0.1, 0.15) is 36.3 Å². The van der Waals surface area contributed by atoms with Crippen molar-refractivity contribution in [2.45, 2.75) is 32.5 Å². The van der Waals surface area contributed by atoms with Gasteiger partial charge in [0.15, 0.2) is 11.5 Å². The first-order chi connectivity index (χ1) is 16.6. The van der Waals surface area contributed by atoms with Gasteiger partial charge in [0.1, 0.15) is 23.3 Å². The lowest BCUT2D eigenvalue weighted by molar-refractivity contribution is -0.140. The van der Waals surface area contributed by atoms with Gasteiger partial charge in [-0.15, -0.1) is 0 Å². The minimum Gasteiger partial charge on any atom is -0.493 e. The number of nitrogens with one attached hydrogen (secondary N) is 1. The molecule has 1 fully saturated rings. The third-order valence-corrected chi connectivity index (χ3v) is 5.78. The lowest BCUT2D eigenvalue weighted by Gasteiger charge is -2.20. The SMILES string of the molecule is COc1cc2nc(C)nc(N[C@H](C)c3cc(F)cc(C(F)(F)F)c3F)c2cc1OC[C@@H]1CCOC1. The highest BCUT2D eigenvalue weighted by Gasteiger charge is 2.36. The number of anilines is 1. The highest BCUT2D eigenvalue weighted by atomic mass is 19.4. The molecule has 1 saturated heterocycles. The molecule has 1 aliphatic rings. The molecule has 0 radical (unpaired) electrons. The van der Waals surface area contributed by atoms with Crippen LogP contribution < -0.4 is 14.8 Å². The molecule has 3 aromatic rings. The zero-order valence-electron chi connectivity index (χ0n) is 19.3. The molecular formula is C24H24F5N3O3. The Balaban J connectivity index is 1.70. The summed E-state index contributed by atoms with van der Waals surface area (Å²) in [6.07, 6.45) is -4.16. The number of hydrogen-bond acceptors (Lipinski definition) is 6. The van der Waals surface area contributed by atoms with Gasteiger partial charge in [0.25, 0.3) is 0 Å². The maximum absolute atomic E-state index is 14.7. The molecule has 2 atom stereocenters. The fourth-order valence-corrected chi connectivity index (χ4v) is 3.97. The van der Waals surface area contributed by atoms with Crippen LogP contribution in [0.3, 0.4) is 0 Å². The summed E-state index contributed by atoms with van der Waals surface area (Å²) < 4.78 is 84.9. The van der Waals surface area contributed by atoms with Crippen LogP contribution in [-0.4, -0.2) is 36.9 Å². The molecule has 35 heavy (non-hydrogen) atoms. The first kappa shape index (κ1) is 24.9. The number of nitrogens with zero attached hydrogens (tertiary/aromatic N) is 2. The lowest BCUT2D eigenvalue weighted by Crippen LogP contribution is -2.16. The van der Waals surface area contributed by atoms with Crippen molar-refractivity contribution in [2.24, 2.45) is 5.92 Å². The summed E-state index contributed by atoms with van der Waals surface area (Å²) in [7, 11) is 1.49. The van der Waals surface area contributed by atoms with Gasteiger partial charge in [-0.05, 0) is 38.5 Å². The van der Waals surface area contributed by atoms with Crippen LogP contribution >= 0.6 is 0 Å². The topological polar surface area (TPSA) is 65.5 Å². The van der Waals surface area contributed by atoms with E-state index in [1.807, 2.05) is 0 Å². The number of aryl methyl sites for hydroxylation is 1. The van der Waals surface area contributed by atoms with Crippen molar-refractivity contribution < 1.29 is 36.2 Å². The number of halogens is 5. The van der Waals surface area contributed by atoms with Crippen molar-refractivity contribution in [3.05, 3.63) is 52.9 Å². The summed E-state index contributed by atoms with van der Waals surface area (Å²) in [5.41, 5.74) is -1.66. The minimum absolute atomic E-state index is 0.140. The molecule has 4 rings (SSSR count). The molecule has 2 aromatic carbocycles. The Labute approximate surface area is 198 Å². The Kier molecular flexibility index (Phi) is 6.98. The van der Waals surface area contributed by atoms with Crippen LogP contribution in [0.5, 0.6) is 11.5 Å². The Hall–Kier alpha value is -3.21. The average Bonchev–Trinajstić information content (AvgIpc) is 3.31. The number of aromatic nitrogens is 2. The van der Waals surface area contributed by atoms with Gasteiger partial charge in [-0.2, -0.15) is 13.2 Å². The molecule has 1 aromatic heterocycles. The van der Waals surface area contributed by atoms with Gasteiger partial charge in [0.2, 0.25) is 0 Å². The third-order valence-electron chi connectivity index (χ3n) is 5.78. The third kappa shape index (κ3) is 5.39. The monoisotopic (exact) mass is 497 g/mol. The van der Waals surface area contributed by atoms with Crippen molar-refractivity contribution >= 4 is 16.7 Å². The Morgan fingerprint density at radius 3 is 2.57 bits per heavy atom. The normalized spacial score (nSPS) is 17.0. The van der Waals surface area contributed by atoms with Crippen molar-refractivity contribution in [3.8, 4) is 11.5 Å². The largest absolute Gasteiger partial charge is 0.493 e. The van der Waals surface area contributed by atoms with Gasteiger partial charge in [-0.25, -0.2) is 18.7 Å². The van der Waals surface area contributed by atoms with E-state index in [2.05, 4.69) is 15.3 Å². The number of methoxy groups -OCH3 is 1. The van der Waals surface area contributed by atoms with E-state index in [4.69, 9.17) is 14.2 Å². The molecule has 6 nitrogen and oxygen atoms in total. The standard InChI is InChI=1S/C24H24F5N3O3/c1-12(16-6-15(25)7-18(22(16)26)24(27,28)29)30-23-17-8-21(35-11-14-4-5-34-10-14)20(33-3)9-19(17)31-13(2)32-23/h6-9,12,14H,4-5,10-11H2,1-3H3,(H,30,31,32)/t12-,14-/m1/s1. The predicted molar refractivity (Wildman–Crippen MR) is 119 cm³/mol. The maximum Gasteiger partial charge on any atom is 0.419 e. The Morgan fingerprint density at radius 1 is 1.14 bits per heavy atom. The van der Waals surface area contributed by atoms with Crippen molar-refractivity contribution in [3.63, 3.8) is 0 Å². The van der Waals surface area contributed by atoms with E-state index in [0.29, 0.717) is 48.0 Å². The number of hydrogen-bond donors (Lipinski definition) is 1. The zero-order chi connectivity index (χ0) is 25.3. The van der Waals surface area contributed by atoms with Gasteiger partial charge < -0.3 is 19.5 Å². The second kappa shape index (κ2) is 9.80. The van der Waals surface area contributed by atoms with E-state index in [1.165, 1.54) is 14.0 Å². The van der Waals surface area contributed by atoms with E-state index in [1.54, 1.807) is 19.1 Å². The van der Waals surface area contributed by atoms with E-state index in [-0.39, 0.29) is 17.8 Å². The van der Waals surface area contributed by atoms with E-state index >= 15 is 0 Å². The molecule has 1 N–H and O–H groups in total. The molecule has 0 spiro atoms. The van der Waals surface area contributed by atoms with Gasteiger partial charge in [-0.1, -0.05) is 0 Å². The molecule has 0 unspecified atom stereocenters. The van der Waals surface area contributed by atoms with Gasteiger partial charge in [-0.3, -0.25) is 0 Å². The Morgan fingerprint density at radius 2 is 1.91 bits per heavy atom. The molecule has 188 valence electrons. The van der Waals surface area contributed by atoms with Crippen molar-refractivity contribution in [2.75, 3.05) is 32.2 Å². The summed E-state index contributed by atoms with van der Waals surface area (Å²) in [6, 6.07) is 3.14. The molecule has 0 bridgehead atoms. The van der Waals surface area contributed by atoms with Crippen molar-refractivity contribution in [1.29, 1.82) is 0 Å². The second-order valence-electron chi connectivity index (χ2n) is 8.40. The molecule has 0 saturated carbocycles. The highest BCUT2D eigenvalue weighted by Crippen LogP contribution is 2.38. The number of ether oxygens (including phenoxy) is 3. The van der Waals surface area contributed by atoms with Crippen molar-refractivity contribution in [1.82, 2.24) is 9.97 Å². The van der Waals surface area contributed by atoms with E-state index < -0.39 is 35.0 Å². The van der Waals surface area contributed by atoms with Crippen LogP contribution in [0, 0.1) is 24.5 Å². The summed E-state index contributed by atoms with van der Waals surface area (Å²) in [5.74, 6) is -1.04. The molecule has 11 heteroatoms. The number of alkyl halides is 3. The zero-order valence-corrected chi connectivity index (χ0v) is 19.3. The minimum atomic E-state index is -5.04. The highest BCUT2D eigenvalue weighted by molar-refractivity contribution is 5.92. The average molecular weight is 497 g/mol. The fraction of sp³-hybridized carbons (Fsp3) is 0.417. The van der Waals surface area contributed by atoms with Crippen LogP contribution in [0.2, 0.25) is 0 Å². The van der Waals surface area contributed by atoms with Gasteiger partial charge in [0.05, 0.1) is 37.4 Å². The van der Waals surface area contributed by atoms with Gasteiger partial charge in [0, 0.05) is 29.5 Å². The fourth-order valence-electron chi connectivity index (χ4n) is 3.97. The Bertz CT molecular complexity index is 1230. The molecule has 2 heterocycles. The number of benzene rings is 2. The summed E-state index contributed by atoms with van der Waals surface area (Å²) in [6.45, 7) is 4.73. The van der Waals surface area contributed by atoms with Gasteiger partial charge >= 0.3 is 6.18 Å².